The van der Waals surface area contributed by atoms with E-state index in [4.69, 9.17) is 0 Å². The van der Waals surface area contributed by atoms with Gasteiger partial charge in [-0.15, -0.1) is 0 Å². The van der Waals surface area contributed by atoms with Crippen LogP contribution in [-0.2, 0) is 4.79 Å². The quantitative estimate of drug-likeness (QED) is 0.869. The summed E-state index contributed by atoms with van der Waals surface area (Å²) in [6, 6.07) is 8.49. The number of hydrogen-bond donors (Lipinski definition) is 0. The molecule has 0 spiro atoms. The summed E-state index contributed by atoms with van der Waals surface area (Å²) in [6.45, 7) is 5.42. The number of benzene rings is 1. The van der Waals surface area contributed by atoms with E-state index in [1.807, 2.05) is 6.07 Å². The number of rotatable bonds is 3. The lowest BCUT2D eigenvalue weighted by atomic mass is 10.1. The van der Waals surface area contributed by atoms with Gasteiger partial charge in [0, 0.05) is 37.7 Å². The largest absolute Gasteiger partial charge is 0.356 e. The molecule has 1 aromatic carbocycles. The number of carbonyl (C=O) groups is 1. The van der Waals surface area contributed by atoms with E-state index < -0.39 is 0 Å². The first-order chi connectivity index (χ1) is 11.0. The Balaban J connectivity index is 2.03. The molecule has 2 heterocycles. The molecule has 0 radical (unpaired) electrons. The number of ketones is 1. The van der Waals surface area contributed by atoms with Gasteiger partial charge >= 0.3 is 0 Å². The number of hydrogen-bond acceptors (Lipinski definition) is 4. The Kier molecular flexibility index (Phi) is 4.37. The van der Waals surface area contributed by atoms with Crippen molar-refractivity contribution in [2.24, 2.45) is 0 Å². The third-order valence-electron chi connectivity index (χ3n) is 4.08. The van der Waals surface area contributed by atoms with Crippen LogP contribution < -0.4 is 4.90 Å². The van der Waals surface area contributed by atoms with Gasteiger partial charge in [0.1, 0.15) is 17.4 Å². The minimum atomic E-state index is -0.326. The van der Waals surface area contributed by atoms with Crippen LogP contribution in [0, 0.1) is 5.82 Å². The fourth-order valence-electron chi connectivity index (χ4n) is 2.66. The molecule has 0 unspecified atom stereocenters. The number of aromatic nitrogens is 2. The smallest absolute Gasteiger partial charge is 0.164 e. The second-order valence-corrected chi connectivity index (χ2v) is 6.13. The van der Waals surface area contributed by atoms with Gasteiger partial charge in [0.2, 0.25) is 0 Å². The van der Waals surface area contributed by atoms with Crippen LogP contribution in [0.5, 0.6) is 0 Å². The third kappa shape index (κ3) is 3.38. The zero-order valence-electron chi connectivity index (χ0n) is 13.4. The van der Waals surface area contributed by atoms with Crippen molar-refractivity contribution in [1.82, 2.24) is 9.97 Å². The molecule has 0 saturated carbocycles. The minimum absolute atomic E-state index is 0.216. The Labute approximate surface area is 135 Å². The Bertz CT molecular complexity index is 720. The van der Waals surface area contributed by atoms with E-state index in [0.29, 0.717) is 37.3 Å². The van der Waals surface area contributed by atoms with Crippen molar-refractivity contribution in [3.05, 3.63) is 41.8 Å². The summed E-state index contributed by atoms with van der Waals surface area (Å²) in [5.41, 5.74) is 1.29. The molecule has 1 aliphatic rings. The molecule has 4 nitrogen and oxygen atoms in total. The van der Waals surface area contributed by atoms with Crippen LogP contribution in [0.15, 0.2) is 30.3 Å². The topological polar surface area (TPSA) is 46.1 Å². The van der Waals surface area contributed by atoms with Gasteiger partial charge in [0.15, 0.2) is 5.82 Å². The van der Waals surface area contributed by atoms with Crippen molar-refractivity contribution in [3.8, 4) is 11.4 Å². The number of anilines is 1. The maximum atomic E-state index is 14.1. The summed E-state index contributed by atoms with van der Waals surface area (Å²) in [7, 11) is 0. The van der Waals surface area contributed by atoms with Crippen molar-refractivity contribution < 1.29 is 9.18 Å². The molecule has 0 N–H and O–H groups in total. The van der Waals surface area contributed by atoms with E-state index in [2.05, 4.69) is 28.7 Å². The highest BCUT2D eigenvalue weighted by atomic mass is 19.1. The van der Waals surface area contributed by atoms with Crippen LogP contribution in [0.4, 0.5) is 10.2 Å². The fourth-order valence-corrected chi connectivity index (χ4v) is 2.66. The fraction of sp³-hybridized carbons (Fsp3) is 0.389. The van der Waals surface area contributed by atoms with Crippen LogP contribution >= 0.6 is 0 Å². The lowest BCUT2D eigenvalue weighted by Gasteiger charge is -2.28. The molecule has 3 rings (SSSR count). The SMILES string of the molecule is CC(C)c1cc(N2CCC(=O)CC2)nc(-c2ccccc2F)n1. The van der Waals surface area contributed by atoms with E-state index in [1.165, 1.54) is 6.07 Å². The molecule has 0 bridgehead atoms. The highest BCUT2D eigenvalue weighted by Gasteiger charge is 2.20. The van der Waals surface area contributed by atoms with Gasteiger partial charge in [-0.1, -0.05) is 26.0 Å². The zero-order valence-corrected chi connectivity index (χ0v) is 13.4. The molecule has 0 atom stereocenters. The third-order valence-corrected chi connectivity index (χ3v) is 4.08. The Hall–Kier alpha value is -2.30. The van der Waals surface area contributed by atoms with Gasteiger partial charge in [0.05, 0.1) is 5.56 Å². The molecule has 1 aromatic heterocycles. The molecule has 1 saturated heterocycles. The minimum Gasteiger partial charge on any atom is -0.356 e. The summed E-state index contributed by atoms with van der Waals surface area (Å²) in [5.74, 6) is 1.35. The molecule has 120 valence electrons. The van der Waals surface area contributed by atoms with Crippen molar-refractivity contribution in [3.63, 3.8) is 0 Å². The number of nitrogens with zero attached hydrogens (tertiary/aromatic N) is 3. The summed E-state index contributed by atoms with van der Waals surface area (Å²) >= 11 is 0. The molecule has 5 heteroatoms. The lowest BCUT2D eigenvalue weighted by Crippen LogP contribution is -2.34. The maximum Gasteiger partial charge on any atom is 0.164 e. The molecule has 2 aromatic rings. The van der Waals surface area contributed by atoms with Crippen LogP contribution in [-0.4, -0.2) is 28.8 Å². The standard InChI is InChI=1S/C18H20FN3O/c1-12(2)16-11-17(22-9-7-13(23)8-10-22)21-18(20-16)14-5-3-4-6-15(14)19/h3-6,11-12H,7-10H2,1-2H3. The lowest BCUT2D eigenvalue weighted by molar-refractivity contribution is -0.119. The number of carbonyl (C=O) groups excluding carboxylic acids is 1. The number of piperidine rings is 1. The molecular weight excluding hydrogens is 293 g/mol. The average Bonchev–Trinajstić information content (AvgIpc) is 2.55. The number of Topliss-reactive ketones (excluding diaryl/α,β-unsaturated/α-hetero) is 1. The Morgan fingerprint density at radius 1 is 1.13 bits per heavy atom. The monoisotopic (exact) mass is 313 g/mol. The van der Waals surface area contributed by atoms with Crippen molar-refractivity contribution >= 4 is 11.6 Å². The summed E-state index contributed by atoms with van der Waals surface area (Å²) in [6.07, 6.45) is 1.08. The highest BCUT2D eigenvalue weighted by Crippen LogP contribution is 2.26. The summed E-state index contributed by atoms with van der Waals surface area (Å²) in [4.78, 5) is 22.6. The van der Waals surface area contributed by atoms with Crippen LogP contribution in [0.25, 0.3) is 11.4 Å². The number of halogens is 1. The molecule has 0 amide bonds. The van der Waals surface area contributed by atoms with Crippen LogP contribution in [0.3, 0.4) is 0 Å². The summed E-state index contributed by atoms with van der Waals surface area (Å²) in [5, 5.41) is 0. The summed E-state index contributed by atoms with van der Waals surface area (Å²) < 4.78 is 14.1. The van der Waals surface area contributed by atoms with Gasteiger partial charge < -0.3 is 4.90 Å². The Morgan fingerprint density at radius 3 is 2.48 bits per heavy atom. The van der Waals surface area contributed by atoms with Crippen molar-refractivity contribution in [2.45, 2.75) is 32.6 Å². The molecule has 0 aliphatic carbocycles. The molecule has 1 aliphatic heterocycles. The van der Waals surface area contributed by atoms with Gasteiger partial charge in [-0.05, 0) is 18.1 Å². The van der Waals surface area contributed by atoms with Crippen LogP contribution in [0.2, 0.25) is 0 Å². The van der Waals surface area contributed by atoms with Crippen LogP contribution in [0.1, 0.15) is 38.3 Å². The normalized spacial score (nSPS) is 15.3. The first-order valence-corrected chi connectivity index (χ1v) is 7.95. The van der Waals surface area contributed by atoms with Crippen molar-refractivity contribution in [2.75, 3.05) is 18.0 Å². The second kappa shape index (κ2) is 6.44. The van der Waals surface area contributed by atoms with E-state index in [9.17, 15) is 9.18 Å². The zero-order chi connectivity index (χ0) is 16.4. The van der Waals surface area contributed by atoms with E-state index >= 15 is 0 Å². The van der Waals surface area contributed by atoms with Gasteiger partial charge in [0.25, 0.3) is 0 Å². The highest BCUT2D eigenvalue weighted by molar-refractivity contribution is 5.80. The second-order valence-electron chi connectivity index (χ2n) is 6.13. The molecule has 23 heavy (non-hydrogen) atoms. The Morgan fingerprint density at radius 2 is 1.83 bits per heavy atom. The molecule has 1 fully saturated rings. The van der Waals surface area contributed by atoms with Gasteiger partial charge in [-0.25, -0.2) is 14.4 Å². The van der Waals surface area contributed by atoms with Gasteiger partial charge in [-0.2, -0.15) is 0 Å². The predicted molar refractivity (Wildman–Crippen MR) is 88.0 cm³/mol. The van der Waals surface area contributed by atoms with Gasteiger partial charge in [-0.3, -0.25) is 4.79 Å². The predicted octanol–water partition coefficient (Wildman–Crippen LogP) is 3.58. The first kappa shape index (κ1) is 15.6. The van der Waals surface area contributed by atoms with E-state index in [1.54, 1.807) is 18.2 Å². The maximum absolute atomic E-state index is 14.1. The van der Waals surface area contributed by atoms with E-state index in [-0.39, 0.29) is 17.5 Å². The average molecular weight is 313 g/mol. The van der Waals surface area contributed by atoms with E-state index in [0.717, 1.165) is 11.5 Å². The molecular formula is C18H20FN3O. The van der Waals surface area contributed by atoms with Crippen molar-refractivity contribution in [1.29, 1.82) is 0 Å². The first-order valence-electron chi connectivity index (χ1n) is 7.95.